The number of amides is 2. The van der Waals surface area contributed by atoms with Crippen LogP contribution in [0.2, 0.25) is 10.0 Å². The average molecular weight is 382 g/mol. The molecular formula is C16H17Cl2N5O2. The standard InChI is InChI=1S/C16H17Cl2N5O2/c17-12-4-3-11(9-13(12)18)15(25)23-10-14(24)19-5-1-6-20-16-21-7-2-8-22-16/h2-4,7-9H,1,5-6,10H2,(H,19,24)(H,23,25)(H,20,21,22). The molecule has 2 rings (SSSR count). The molecule has 132 valence electrons. The van der Waals surface area contributed by atoms with E-state index >= 15 is 0 Å². The van der Waals surface area contributed by atoms with E-state index in [4.69, 9.17) is 23.2 Å². The van der Waals surface area contributed by atoms with Crippen LogP contribution < -0.4 is 16.0 Å². The van der Waals surface area contributed by atoms with Crippen molar-refractivity contribution < 1.29 is 9.59 Å². The number of carbonyl (C=O) groups is 2. The van der Waals surface area contributed by atoms with Crippen LogP contribution in [0.25, 0.3) is 0 Å². The van der Waals surface area contributed by atoms with E-state index in [2.05, 4.69) is 25.9 Å². The highest BCUT2D eigenvalue weighted by atomic mass is 35.5. The van der Waals surface area contributed by atoms with E-state index in [1.54, 1.807) is 24.5 Å². The number of aromatic nitrogens is 2. The molecule has 9 heteroatoms. The van der Waals surface area contributed by atoms with E-state index in [-0.39, 0.29) is 17.5 Å². The van der Waals surface area contributed by atoms with E-state index in [1.807, 2.05) is 0 Å². The molecule has 0 radical (unpaired) electrons. The summed E-state index contributed by atoms with van der Waals surface area (Å²) in [6, 6.07) is 6.26. The first-order valence-electron chi connectivity index (χ1n) is 7.57. The Kier molecular flexibility index (Phi) is 7.43. The van der Waals surface area contributed by atoms with Gasteiger partial charge in [-0.25, -0.2) is 9.97 Å². The van der Waals surface area contributed by atoms with E-state index in [9.17, 15) is 9.59 Å². The maximum atomic E-state index is 11.9. The Morgan fingerprint density at radius 3 is 2.48 bits per heavy atom. The summed E-state index contributed by atoms with van der Waals surface area (Å²) < 4.78 is 0. The highest BCUT2D eigenvalue weighted by Gasteiger charge is 2.09. The van der Waals surface area contributed by atoms with Gasteiger partial charge in [-0.2, -0.15) is 0 Å². The molecule has 1 aromatic heterocycles. The molecule has 0 aliphatic carbocycles. The van der Waals surface area contributed by atoms with Gasteiger partial charge in [0.25, 0.3) is 5.91 Å². The first-order valence-corrected chi connectivity index (χ1v) is 8.32. The van der Waals surface area contributed by atoms with Crippen LogP contribution in [0, 0.1) is 0 Å². The Morgan fingerprint density at radius 2 is 1.76 bits per heavy atom. The van der Waals surface area contributed by atoms with Crippen molar-refractivity contribution in [3.05, 3.63) is 52.3 Å². The zero-order valence-electron chi connectivity index (χ0n) is 13.3. The number of nitrogens with one attached hydrogen (secondary N) is 3. The second-order valence-electron chi connectivity index (χ2n) is 5.01. The summed E-state index contributed by atoms with van der Waals surface area (Å²) in [6.07, 6.45) is 3.99. The van der Waals surface area contributed by atoms with Crippen LogP contribution in [-0.2, 0) is 4.79 Å². The van der Waals surface area contributed by atoms with Gasteiger partial charge in [-0.1, -0.05) is 23.2 Å². The minimum absolute atomic E-state index is 0.117. The van der Waals surface area contributed by atoms with Gasteiger partial charge in [0.2, 0.25) is 11.9 Å². The van der Waals surface area contributed by atoms with E-state index < -0.39 is 5.91 Å². The van der Waals surface area contributed by atoms with Gasteiger partial charge < -0.3 is 16.0 Å². The molecule has 2 amide bonds. The molecule has 0 unspecified atom stereocenters. The smallest absolute Gasteiger partial charge is 0.251 e. The summed E-state index contributed by atoms with van der Waals surface area (Å²) in [5.74, 6) is -0.122. The number of benzene rings is 1. The highest BCUT2D eigenvalue weighted by molar-refractivity contribution is 6.42. The third kappa shape index (κ3) is 6.56. The van der Waals surface area contributed by atoms with Crippen molar-refractivity contribution in [2.45, 2.75) is 6.42 Å². The van der Waals surface area contributed by atoms with Crippen molar-refractivity contribution in [1.29, 1.82) is 0 Å². The lowest BCUT2D eigenvalue weighted by molar-refractivity contribution is -0.120. The quantitative estimate of drug-likeness (QED) is 0.608. The number of hydrogen-bond donors (Lipinski definition) is 3. The second-order valence-corrected chi connectivity index (χ2v) is 5.83. The third-order valence-electron chi connectivity index (χ3n) is 3.12. The molecule has 0 fully saturated rings. The predicted octanol–water partition coefficient (Wildman–Crippen LogP) is 2.13. The van der Waals surface area contributed by atoms with Crippen LogP contribution >= 0.6 is 23.2 Å². The Hall–Kier alpha value is -2.38. The lowest BCUT2D eigenvalue weighted by Gasteiger charge is -2.08. The lowest BCUT2D eigenvalue weighted by atomic mass is 10.2. The summed E-state index contributed by atoms with van der Waals surface area (Å²) in [5.41, 5.74) is 0.342. The molecule has 0 atom stereocenters. The summed E-state index contributed by atoms with van der Waals surface area (Å²) in [5, 5.41) is 8.92. The number of anilines is 1. The first kappa shape index (κ1) is 19.0. The van der Waals surface area contributed by atoms with Gasteiger partial charge in [0.05, 0.1) is 16.6 Å². The normalized spacial score (nSPS) is 10.2. The van der Waals surface area contributed by atoms with Crippen LogP contribution in [0.3, 0.4) is 0 Å². The summed E-state index contributed by atoms with van der Waals surface area (Å²) >= 11 is 11.7. The monoisotopic (exact) mass is 381 g/mol. The van der Waals surface area contributed by atoms with Crippen LogP contribution in [0.1, 0.15) is 16.8 Å². The van der Waals surface area contributed by atoms with Crippen molar-refractivity contribution in [3.63, 3.8) is 0 Å². The zero-order chi connectivity index (χ0) is 18.1. The van der Waals surface area contributed by atoms with Crippen molar-refractivity contribution in [2.24, 2.45) is 0 Å². The van der Waals surface area contributed by atoms with Gasteiger partial charge in [0.15, 0.2) is 0 Å². The molecule has 0 saturated carbocycles. The van der Waals surface area contributed by atoms with Crippen LogP contribution in [-0.4, -0.2) is 41.4 Å². The maximum absolute atomic E-state index is 11.9. The minimum Gasteiger partial charge on any atom is -0.355 e. The number of carbonyl (C=O) groups excluding carboxylic acids is 2. The van der Waals surface area contributed by atoms with Gasteiger partial charge in [-0.3, -0.25) is 9.59 Å². The summed E-state index contributed by atoms with van der Waals surface area (Å²) in [6.45, 7) is 0.982. The van der Waals surface area contributed by atoms with Gasteiger partial charge in [-0.15, -0.1) is 0 Å². The summed E-state index contributed by atoms with van der Waals surface area (Å²) in [4.78, 5) is 31.7. The maximum Gasteiger partial charge on any atom is 0.251 e. The van der Waals surface area contributed by atoms with Gasteiger partial charge >= 0.3 is 0 Å². The van der Waals surface area contributed by atoms with E-state index in [0.29, 0.717) is 36.0 Å². The Bertz CT molecular complexity index is 728. The number of halogens is 2. The Balaban J connectivity index is 1.61. The molecule has 3 N–H and O–H groups in total. The topological polar surface area (TPSA) is 96.0 Å². The second kappa shape index (κ2) is 9.80. The SMILES string of the molecule is O=C(CNC(=O)c1ccc(Cl)c(Cl)c1)NCCCNc1ncccn1. The molecule has 0 aliphatic rings. The fraction of sp³-hybridized carbons (Fsp3) is 0.250. The van der Waals surface area contributed by atoms with E-state index in [1.165, 1.54) is 12.1 Å². The highest BCUT2D eigenvalue weighted by Crippen LogP contribution is 2.22. The molecule has 1 aromatic carbocycles. The number of nitrogens with zero attached hydrogens (tertiary/aromatic N) is 2. The Morgan fingerprint density at radius 1 is 1.00 bits per heavy atom. The fourth-order valence-electron chi connectivity index (χ4n) is 1.87. The number of rotatable bonds is 8. The molecular weight excluding hydrogens is 365 g/mol. The molecule has 0 aliphatic heterocycles. The van der Waals surface area contributed by atoms with Crippen molar-refractivity contribution in [2.75, 3.05) is 25.0 Å². The predicted molar refractivity (Wildman–Crippen MR) is 96.9 cm³/mol. The molecule has 7 nitrogen and oxygen atoms in total. The first-order chi connectivity index (χ1) is 12.1. The Labute approximate surface area is 155 Å². The van der Waals surface area contributed by atoms with Gasteiger partial charge in [0.1, 0.15) is 0 Å². The van der Waals surface area contributed by atoms with Crippen molar-refractivity contribution >= 4 is 41.0 Å². The van der Waals surface area contributed by atoms with Gasteiger partial charge in [0, 0.05) is 31.0 Å². The van der Waals surface area contributed by atoms with Crippen molar-refractivity contribution in [1.82, 2.24) is 20.6 Å². The molecule has 0 spiro atoms. The summed E-state index contributed by atoms with van der Waals surface area (Å²) in [7, 11) is 0. The lowest BCUT2D eigenvalue weighted by Crippen LogP contribution is -2.37. The molecule has 0 saturated heterocycles. The largest absolute Gasteiger partial charge is 0.355 e. The third-order valence-corrected chi connectivity index (χ3v) is 3.85. The van der Waals surface area contributed by atoms with E-state index in [0.717, 1.165) is 0 Å². The van der Waals surface area contributed by atoms with Gasteiger partial charge in [-0.05, 0) is 30.7 Å². The molecule has 1 heterocycles. The van der Waals surface area contributed by atoms with Crippen LogP contribution in [0.15, 0.2) is 36.7 Å². The zero-order valence-corrected chi connectivity index (χ0v) is 14.8. The number of hydrogen-bond acceptors (Lipinski definition) is 5. The fourth-order valence-corrected chi connectivity index (χ4v) is 2.17. The van der Waals surface area contributed by atoms with Crippen LogP contribution in [0.5, 0.6) is 0 Å². The van der Waals surface area contributed by atoms with Crippen LogP contribution in [0.4, 0.5) is 5.95 Å². The molecule has 0 bridgehead atoms. The minimum atomic E-state index is -0.392. The average Bonchev–Trinajstić information content (AvgIpc) is 2.62. The molecule has 2 aromatic rings. The van der Waals surface area contributed by atoms with Crippen molar-refractivity contribution in [3.8, 4) is 0 Å². The molecule has 25 heavy (non-hydrogen) atoms.